The van der Waals surface area contributed by atoms with E-state index >= 15 is 0 Å². The number of benzene rings is 2. The molecule has 0 radical (unpaired) electrons. The molecule has 0 aliphatic carbocycles. The number of likely N-dealkylation sites (N-methyl/N-ethyl adjacent to an activating group) is 1. The van der Waals surface area contributed by atoms with Gasteiger partial charge in [-0.2, -0.15) is 0 Å². The Balaban J connectivity index is 1.94. The van der Waals surface area contributed by atoms with Gasteiger partial charge in [-0.3, -0.25) is 4.79 Å². The summed E-state index contributed by atoms with van der Waals surface area (Å²) >= 11 is 3.03. The topological polar surface area (TPSA) is 56.6 Å². The molecule has 2 N–H and O–H groups in total. The average molecular weight is 358 g/mol. The fraction of sp³-hybridized carbons (Fsp3) is 0.167. The molecule has 0 bridgehead atoms. The standard InChI is InChI=1S/C18H18N2O2S2/c1-11-9-10-12(2)16-15(11)23-18(24-16)14(20(3)22)17(21)19-13-7-5-4-6-8-13/h4-10,20H,1-3H3,(H,19,21). The zero-order valence-corrected chi connectivity index (χ0v) is 15.3. The molecule has 124 valence electrons. The zero-order chi connectivity index (χ0) is 17.3. The summed E-state index contributed by atoms with van der Waals surface area (Å²) in [5.74, 6) is -0.355. The van der Waals surface area contributed by atoms with Crippen molar-refractivity contribution in [3.63, 3.8) is 0 Å². The molecular formula is C18H18N2O2S2. The normalized spacial score (nSPS) is 14.2. The minimum Gasteiger partial charge on any atom is -0.629 e. The largest absolute Gasteiger partial charge is 0.629 e. The van der Waals surface area contributed by atoms with E-state index in [1.54, 1.807) is 12.1 Å². The van der Waals surface area contributed by atoms with Gasteiger partial charge in [0.15, 0.2) is 0 Å². The Bertz CT molecular complexity index is 784. The van der Waals surface area contributed by atoms with Crippen molar-refractivity contribution in [2.24, 2.45) is 0 Å². The summed E-state index contributed by atoms with van der Waals surface area (Å²) in [4.78, 5) is 14.9. The first-order chi connectivity index (χ1) is 11.5. The molecule has 1 heterocycles. The van der Waals surface area contributed by atoms with Crippen LogP contribution >= 0.6 is 23.5 Å². The summed E-state index contributed by atoms with van der Waals surface area (Å²) in [6, 6.07) is 13.3. The van der Waals surface area contributed by atoms with Gasteiger partial charge in [0.25, 0.3) is 0 Å². The summed E-state index contributed by atoms with van der Waals surface area (Å²) in [5.41, 5.74) is 3.23. The fourth-order valence-electron chi connectivity index (χ4n) is 2.43. The van der Waals surface area contributed by atoms with Crippen molar-refractivity contribution in [3.05, 3.63) is 68.7 Å². The molecule has 0 fully saturated rings. The van der Waals surface area contributed by atoms with Gasteiger partial charge in [-0.25, -0.2) is 0 Å². The first-order valence-corrected chi connectivity index (χ1v) is 9.18. The van der Waals surface area contributed by atoms with E-state index in [1.165, 1.54) is 30.6 Å². The number of hydrogen-bond acceptors (Lipinski definition) is 4. The third-order valence-corrected chi connectivity index (χ3v) is 6.58. The van der Waals surface area contributed by atoms with Crippen molar-refractivity contribution in [3.8, 4) is 0 Å². The summed E-state index contributed by atoms with van der Waals surface area (Å²) in [7, 11) is 1.44. The number of aryl methyl sites for hydroxylation is 2. The summed E-state index contributed by atoms with van der Waals surface area (Å²) < 4.78 is 0.753. The number of carbonyl (C=O) groups is 1. The molecule has 0 saturated heterocycles. The summed E-state index contributed by atoms with van der Waals surface area (Å²) in [5, 5.41) is 14.7. The van der Waals surface area contributed by atoms with Crippen molar-refractivity contribution in [2.45, 2.75) is 23.6 Å². The van der Waals surface area contributed by atoms with Crippen LogP contribution in [0.3, 0.4) is 0 Å². The van der Waals surface area contributed by atoms with Crippen LogP contribution in [0.2, 0.25) is 0 Å². The van der Waals surface area contributed by atoms with E-state index < -0.39 is 0 Å². The molecule has 2 aromatic carbocycles. The third-order valence-electron chi connectivity index (χ3n) is 3.71. The highest BCUT2D eigenvalue weighted by Crippen LogP contribution is 2.54. The van der Waals surface area contributed by atoms with Crippen LogP contribution in [0, 0.1) is 19.1 Å². The molecule has 4 nitrogen and oxygen atoms in total. The maximum absolute atomic E-state index is 12.6. The van der Waals surface area contributed by atoms with E-state index in [9.17, 15) is 10.0 Å². The summed E-state index contributed by atoms with van der Waals surface area (Å²) in [6.07, 6.45) is 0. The number of amides is 1. The van der Waals surface area contributed by atoms with Crippen molar-refractivity contribution < 1.29 is 9.86 Å². The number of rotatable bonds is 3. The molecule has 24 heavy (non-hydrogen) atoms. The SMILES string of the molecule is Cc1ccc(C)c2c1SC(=C(C(=O)Nc1ccccc1)[NH+](C)[O-])S2. The lowest BCUT2D eigenvalue weighted by molar-refractivity contribution is -0.777. The Morgan fingerprint density at radius 2 is 1.54 bits per heavy atom. The number of quaternary nitrogens is 1. The fourth-order valence-corrected chi connectivity index (χ4v) is 5.36. The first-order valence-electron chi connectivity index (χ1n) is 7.55. The van der Waals surface area contributed by atoms with Gasteiger partial charge in [-0.15, -0.1) is 0 Å². The van der Waals surface area contributed by atoms with E-state index in [0.717, 1.165) is 25.2 Å². The van der Waals surface area contributed by atoms with Gasteiger partial charge in [-0.1, -0.05) is 53.9 Å². The highest BCUT2D eigenvalue weighted by atomic mass is 32.2. The summed E-state index contributed by atoms with van der Waals surface area (Å²) in [6.45, 7) is 4.10. The number of thioether (sulfide) groups is 2. The van der Waals surface area contributed by atoms with Crippen LogP contribution in [0.4, 0.5) is 5.69 Å². The predicted molar refractivity (Wildman–Crippen MR) is 100.0 cm³/mol. The monoisotopic (exact) mass is 358 g/mol. The number of hydroxylamine groups is 2. The van der Waals surface area contributed by atoms with Crippen LogP contribution in [-0.4, -0.2) is 13.0 Å². The van der Waals surface area contributed by atoms with Gasteiger partial charge >= 0.3 is 5.91 Å². The van der Waals surface area contributed by atoms with Gasteiger partial charge in [0.2, 0.25) is 5.70 Å². The van der Waals surface area contributed by atoms with Gasteiger partial charge in [0.1, 0.15) is 4.24 Å². The molecule has 0 saturated carbocycles. The Kier molecular flexibility index (Phi) is 5.01. The number of anilines is 1. The van der Waals surface area contributed by atoms with Gasteiger partial charge in [0, 0.05) is 15.5 Å². The van der Waals surface area contributed by atoms with E-state index in [-0.39, 0.29) is 16.7 Å². The zero-order valence-electron chi connectivity index (χ0n) is 13.7. The van der Waals surface area contributed by atoms with E-state index in [2.05, 4.69) is 17.4 Å². The second kappa shape index (κ2) is 7.03. The number of fused-ring (bicyclic) bond motifs is 1. The van der Waals surface area contributed by atoms with Crippen molar-refractivity contribution in [2.75, 3.05) is 12.4 Å². The van der Waals surface area contributed by atoms with Crippen molar-refractivity contribution >= 4 is 35.1 Å². The van der Waals surface area contributed by atoms with Crippen LogP contribution in [0.5, 0.6) is 0 Å². The molecule has 0 spiro atoms. The second-order valence-corrected chi connectivity index (χ2v) is 7.90. The first kappa shape index (κ1) is 17.1. The molecule has 3 rings (SSSR count). The second-order valence-electron chi connectivity index (χ2n) is 5.60. The van der Waals surface area contributed by atoms with Crippen LogP contribution in [0.1, 0.15) is 11.1 Å². The number of nitrogens with one attached hydrogen (secondary N) is 2. The quantitative estimate of drug-likeness (QED) is 0.653. The Morgan fingerprint density at radius 1 is 1.00 bits per heavy atom. The van der Waals surface area contributed by atoms with Crippen LogP contribution in [-0.2, 0) is 4.79 Å². The van der Waals surface area contributed by atoms with Crippen LogP contribution in [0.25, 0.3) is 0 Å². The molecule has 6 heteroatoms. The van der Waals surface area contributed by atoms with Gasteiger partial charge < -0.3 is 15.6 Å². The maximum Gasteiger partial charge on any atom is 0.311 e. The molecule has 1 unspecified atom stereocenters. The highest BCUT2D eigenvalue weighted by molar-refractivity contribution is 8.24. The Labute approximate surface area is 149 Å². The predicted octanol–water partition coefficient (Wildman–Crippen LogP) is 3.32. The van der Waals surface area contributed by atoms with Crippen LogP contribution in [0.15, 0.2) is 62.2 Å². The van der Waals surface area contributed by atoms with Crippen LogP contribution < -0.4 is 10.4 Å². The van der Waals surface area contributed by atoms with Gasteiger partial charge in [-0.05, 0) is 37.1 Å². The molecule has 0 aromatic heterocycles. The Morgan fingerprint density at radius 3 is 2.04 bits per heavy atom. The highest BCUT2D eigenvalue weighted by Gasteiger charge is 2.30. The lowest BCUT2D eigenvalue weighted by Crippen LogP contribution is -3.03. The van der Waals surface area contributed by atoms with Crippen molar-refractivity contribution in [1.29, 1.82) is 0 Å². The Hall–Kier alpha value is -1.73. The van der Waals surface area contributed by atoms with Gasteiger partial charge in [0.05, 0.1) is 7.05 Å². The number of hydrogen-bond donors (Lipinski definition) is 2. The molecule has 1 atom stereocenters. The lowest BCUT2D eigenvalue weighted by Gasteiger charge is -2.20. The van der Waals surface area contributed by atoms with E-state index in [1.807, 2.05) is 32.0 Å². The average Bonchev–Trinajstić information content (AvgIpc) is 2.97. The minimum absolute atomic E-state index is 0.221. The molecule has 1 amide bonds. The molecule has 2 aromatic rings. The number of para-hydroxylation sites is 1. The number of carbonyl (C=O) groups excluding carboxylic acids is 1. The maximum atomic E-state index is 12.6. The van der Waals surface area contributed by atoms with E-state index in [4.69, 9.17) is 0 Å². The smallest absolute Gasteiger partial charge is 0.311 e. The lowest BCUT2D eigenvalue weighted by atomic mass is 10.2. The molecule has 1 aliphatic heterocycles. The van der Waals surface area contributed by atoms with Crippen molar-refractivity contribution in [1.82, 2.24) is 0 Å². The molecular weight excluding hydrogens is 340 g/mol. The van der Waals surface area contributed by atoms with E-state index in [0.29, 0.717) is 5.69 Å². The minimum atomic E-state index is -0.355. The molecule has 1 aliphatic rings. The third kappa shape index (κ3) is 3.37.